The van der Waals surface area contributed by atoms with E-state index in [2.05, 4.69) is 15.4 Å². The van der Waals surface area contributed by atoms with E-state index in [-0.39, 0.29) is 28.3 Å². The predicted octanol–water partition coefficient (Wildman–Crippen LogP) is 2.79. The highest BCUT2D eigenvalue weighted by molar-refractivity contribution is 7.89. The number of amides is 2. The molecule has 3 N–H and O–H groups in total. The molecular formula is C22H31N3O4S. The summed E-state index contributed by atoms with van der Waals surface area (Å²) >= 11 is 0. The third-order valence-corrected chi connectivity index (χ3v) is 8.47. The van der Waals surface area contributed by atoms with Gasteiger partial charge in [0, 0.05) is 24.2 Å². The number of rotatable bonds is 6. The van der Waals surface area contributed by atoms with Gasteiger partial charge in [-0.15, -0.1) is 0 Å². The molecule has 1 aromatic rings. The molecule has 164 valence electrons. The normalized spacial score (nSPS) is 32.3. The lowest BCUT2D eigenvalue weighted by Gasteiger charge is -2.61. The van der Waals surface area contributed by atoms with E-state index >= 15 is 0 Å². The van der Waals surface area contributed by atoms with Crippen molar-refractivity contribution < 1.29 is 18.0 Å². The summed E-state index contributed by atoms with van der Waals surface area (Å²) in [6.07, 6.45) is 5.48. The summed E-state index contributed by atoms with van der Waals surface area (Å²) in [5.74, 6) is 0.901. The van der Waals surface area contributed by atoms with Crippen LogP contribution in [0.5, 0.6) is 0 Å². The average Bonchev–Trinajstić information content (AvgIpc) is 2.58. The van der Waals surface area contributed by atoms with Crippen molar-refractivity contribution in [2.75, 3.05) is 5.32 Å². The Morgan fingerprint density at radius 3 is 2.17 bits per heavy atom. The SMILES string of the molecule is CC(=O)NC12C[C@H]3C[C@@H](C1)CC(C(=O)Nc1ccc(S(=O)(=O)NC(C)C)cc1)(C3)C2. The highest BCUT2D eigenvalue weighted by Gasteiger charge is 2.60. The Bertz CT molecular complexity index is 941. The van der Waals surface area contributed by atoms with Gasteiger partial charge in [-0.25, -0.2) is 13.1 Å². The van der Waals surface area contributed by atoms with Crippen molar-refractivity contribution in [2.24, 2.45) is 17.3 Å². The number of benzene rings is 1. The van der Waals surface area contributed by atoms with Gasteiger partial charge in [0.1, 0.15) is 0 Å². The summed E-state index contributed by atoms with van der Waals surface area (Å²) in [5, 5.41) is 6.20. The minimum Gasteiger partial charge on any atom is -0.351 e. The minimum absolute atomic E-state index is 0.0118. The summed E-state index contributed by atoms with van der Waals surface area (Å²) in [4.78, 5) is 25.3. The number of carbonyl (C=O) groups is 2. The first kappa shape index (κ1) is 21.3. The zero-order chi connectivity index (χ0) is 21.7. The van der Waals surface area contributed by atoms with Crippen LogP contribution in [0.15, 0.2) is 29.2 Å². The van der Waals surface area contributed by atoms with Crippen LogP contribution in [0.4, 0.5) is 5.69 Å². The van der Waals surface area contributed by atoms with Crippen molar-refractivity contribution in [1.29, 1.82) is 0 Å². The maximum Gasteiger partial charge on any atom is 0.240 e. The molecule has 2 unspecified atom stereocenters. The van der Waals surface area contributed by atoms with Crippen molar-refractivity contribution in [1.82, 2.24) is 10.0 Å². The summed E-state index contributed by atoms with van der Waals surface area (Å²) in [6.45, 7) is 5.09. The van der Waals surface area contributed by atoms with Gasteiger partial charge in [-0.05, 0) is 88.5 Å². The zero-order valence-electron chi connectivity index (χ0n) is 17.8. The van der Waals surface area contributed by atoms with Crippen LogP contribution < -0.4 is 15.4 Å². The zero-order valence-corrected chi connectivity index (χ0v) is 18.6. The Morgan fingerprint density at radius 2 is 1.63 bits per heavy atom. The van der Waals surface area contributed by atoms with Crippen LogP contribution in [0, 0.1) is 17.3 Å². The summed E-state index contributed by atoms with van der Waals surface area (Å²) < 4.78 is 27.1. The molecule has 0 aliphatic heterocycles. The van der Waals surface area contributed by atoms with E-state index in [1.54, 1.807) is 32.9 Å². The van der Waals surface area contributed by atoms with Gasteiger partial charge >= 0.3 is 0 Å². The lowest BCUT2D eigenvalue weighted by molar-refractivity contribution is -0.148. The Morgan fingerprint density at radius 1 is 1.03 bits per heavy atom. The number of hydrogen-bond donors (Lipinski definition) is 3. The van der Waals surface area contributed by atoms with Crippen LogP contribution in [0.1, 0.15) is 59.3 Å². The van der Waals surface area contributed by atoms with Gasteiger partial charge in [-0.1, -0.05) is 0 Å². The third-order valence-electron chi connectivity index (χ3n) is 6.80. The molecule has 7 nitrogen and oxygen atoms in total. The highest BCUT2D eigenvalue weighted by atomic mass is 32.2. The van der Waals surface area contributed by atoms with Gasteiger partial charge < -0.3 is 10.6 Å². The number of hydrogen-bond acceptors (Lipinski definition) is 4. The fourth-order valence-electron chi connectivity index (χ4n) is 6.41. The molecule has 30 heavy (non-hydrogen) atoms. The van der Waals surface area contributed by atoms with E-state index in [1.807, 2.05) is 0 Å². The molecule has 4 aliphatic carbocycles. The van der Waals surface area contributed by atoms with Crippen molar-refractivity contribution >= 4 is 27.5 Å². The molecule has 4 saturated carbocycles. The molecule has 5 rings (SSSR count). The number of nitrogens with one attached hydrogen (secondary N) is 3. The average molecular weight is 434 g/mol. The molecule has 4 bridgehead atoms. The predicted molar refractivity (Wildman–Crippen MR) is 114 cm³/mol. The standard InChI is InChI=1S/C22H31N3O4S/c1-14(2)25-30(28,29)19-6-4-18(5-7-19)23-20(27)21-9-16-8-17(10-21)12-22(11-16,13-21)24-15(3)26/h4-7,14,16-17,25H,8-13H2,1-3H3,(H,23,27)(H,24,26)/t16-,17+,21?,22?. The summed E-state index contributed by atoms with van der Waals surface area (Å²) in [5.41, 5.74) is -0.127. The van der Waals surface area contributed by atoms with Crippen molar-refractivity contribution in [2.45, 2.75) is 75.8 Å². The van der Waals surface area contributed by atoms with Crippen molar-refractivity contribution in [3.05, 3.63) is 24.3 Å². The maximum absolute atomic E-state index is 13.4. The van der Waals surface area contributed by atoms with Crippen LogP contribution in [0.2, 0.25) is 0 Å². The monoisotopic (exact) mass is 433 g/mol. The molecule has 0 spiro atoms. The second kappa shape index (κ2) is 7.34. The molecule has 0 aromatic heterocycles. The lowest BCUT2D eigenvalue weighted by Crippen LogP contribution is -2.65. The molecule has 4 aliphatic rings. The highest BCUT2D eigenvalue weighted by Crippen LogP contribution is 2.61. The number of sulfonamides is 1. The first-order valence-electron chi connectivity index (χ1n) is 10.7. The van der Waals surface area contributed by atoms with Crippen LogP contribution >= 0.6 is 0 Å². The molecule has 0 heterocycles. The van der Waals surface area contributed by atoms with Crippen LogP contribution in [0.25, 0.3) is 0 Å². The number of carbonyl (C=O) groups excluding carboxylic acids is 2. The number of anilines is 1. The van der Waals surface area contributed by atoms with Gasteiger partial charge in [0.15, 0.2) is 0 Å². The van der Waals surface area contributed by atoms with E-state index in [0.717, 1.165) is 32.1 Å². The van der Waals surface area contributed by atoms with Crippen LogP contribution in [0.3, 0.4) is 0 Å². The molecule has 1 aromatic carbocycles. The summed E-state index contributed by atoms with van der Waals surface area (Å²) in [7, 11) is -3.56. The Kier molecular flexibility index (Phi) is 5.21. The van der Waals surface area contributed by atoms with E-state index in [9.17, 15) is 18.0 Å². The fraction of sp³-hybridized carbons (Fsp3) is 0.636. The maximum atomic E-state index is 13.4. The Hall–Kier alpha value is -1.93. The molecular weight excluding hydrogens is 402 g/mol. The molecule has 4 atom stereocenters. The van der Waals surface area contributed by atoms with Gasteiger partial charge in [-0.3, -0.25) is 9.59 Å². The second-order valence-corrected chi connectivity index (χ2v) is 11.7. The van der Waals surface area contributed by atoms with E-state index < -0.39 is 15.4 Å². The van der Waals surface area contributed by atoms with Crippen molar-refractivity contribution in [3.63, 3.8) is 0 Å². The molecule has 2 amide bonds. The molecule has 0 saturated heterocycles. The molecule has 8 heteroatoms. The van der Waals surface area contributed by atoms with Crippen molar-refractivity contribution in [3.8, 4) is 0 Å². The Labute approximate surface area is 178 Å². The largest absolute Gasteiger partial charge is 0.351 e. The van der Waals surface area contributed by atoms with Crippen LogP contribution in [-0.4, -0.2) is 31.8 Å². The quantitative estimate of drug-likeness (QED) is 0.642. The van der Waals surface area contributed by atoms with E-state index in [1.165, 1.54) is 12.1 Å². The topological polar surface area (TPSA) is 104 Å². The summed E-state index contributed by atoms with van der Waals surface area (Å²) in [6, 6.07) is 6.10. The van der Waals surface area contributed by atoms with E-state index in [0.29, 0.717) is 23.9 Å². The fourth-order valence-corrected chi connectivity index (χ4v) is 7.66. The first-order valence-corrected chi connectivity index (χ1v) is 12.2. The second-order valence-electron chi connectivity index (χ2n) is 9.96. The molecule has 4 fully saturated rings. The lowest BCUT2D eigenvalue weighted by atomic mass is 9.46. The molecule has 0 radical (unpaired) electrons. The van der Waals surface area contributed by atoms with Gasteiger partial charge in [0.2, 0.25) is 21.8 Å². The first-order chi connectivity index (χ1) is 14.0. The minimum atomic E-state index is -3.56. The van der Waals surface area contributed by atoms with Gasteiger partial charge in [-0.2, -0.15) is 0 Å². The van der Waals surface area contributed by atoms with Gasteiger partial charge in [0.25, 0.3) is 0 Å². The van der Waals surface area contributed by atoms with Crippen LogP contribution in [-0.2, 0) is 19.6 Å². The van der Waals surface area contributed by atoms with E-state index in [4.69, 9.17) is 0 Å². The smallest absolute Gasteiger partial charge is 0.240 e. The van der Waals surface area contributed by atoms with Gasteiger partial charge in [0.05, 0.1) is 10.3 Å². The third kappa shape index (κ3) is 3.99. The Balaban J connectivity index is 1.51.